The van der Waals surface area contributed by atoms with E-state index in [0.717, 1.165) is 31.9 Å². The maximum atomic E-state index is 5.71. The maximum absolute atomic E-state index is 5.71. The number of hydrogen-bond acceptors (Lipinski definition) is 7. The van der Waals surface area contributed by atoms with E-state index in [2.05, 4.69) is 28.3 Å². The highest BCUT2D eigenvalue weighted by molar-refractivity contribution is 5.49. The molecule has 0 aromatic heterocycles. The van der Waals surface area contributed by atoms with E-state index in [1.807, 2.05) is 12.1 Å². The van der Waals surface area contributed by atoms with E-state index >= 15 is 0 Å². The summed E-state index contributed by atoms with van der Waals surface area (Å²) in [5.41, 5.74) is 1.24. The minimum Gasteiger partial charge on any atom is -0.491 e. The number of rotatable bonds is 15. The fraction of sp³-hybridized carbons (Fsp3) is 0.619. The topological polar surface area (TPSA) is 61.4 Å². The van der Waals surface area contributed by atoms with Gasteiger partial charge in [-0.15, -0.1) is 6.42 Å². The summed E-state index contributed by atoms with van der Waals surface area (Å²) in [4.78, 5) is 2.38. The highest BCUT2D eigenvalue weighted by Crippen LogP contribution is 2.19. The summed E-state index contributed by atoms with van der Waals surface area (Å²) < 4.78 is 27.1. The molecule has 7 heteroatoms. The lowest BCUT2D eigenvalue weighted by Gasteiger charge is -2.29. The Hall–Kier alpha value is -1.82. The highest BCUT2D eigenvalue weighted by atomic mass is 16.6. The minimum atomic E-state index is 0.322. The number of benzene rings is 1. The van der Waals surface area contributed by atoms with Crippen molar-refractivity contribution in [3.63, 3.8) is 0 Å². The summed E-state index contributed by atoms with van der Waals surface area (Å²) in [6.45, 7) is 8.71. The van der Waals surface area contributed by atoms with Gasteiger partial charge in [-0.3, -0.25) is 0 Å². The summed E-state index contributed by atoms with van der Waals surface area (Å²) in [7, 11) is 0. The van der Waals surface area contributed by atoms with Gasteiger partial charge in [-0.1, -0.05) is 5.92 Å². The molecule has 0 atom stereocenters. The molecule has 0 radical (unpaired) electrons. The molecular weight excluding hydrogens is 360 g/mol. The average molecular weight is 392 g/mol. The van der Waals surface area contributed by atoms with Crippen molar-refractivity contribution >= 4 is 5.69 Å². The van der Waals surface area contributed by atoms with Crippen molar-refractivity contribution in [1.29, 1.82) is 0 Å². The number of terminal acetylenes is 1. The second-order valence-corrected chi connectivity index (χ2v) is 6.17. The van der Waals surface area contributed by atoms with Crippen molar-refractivity contribution in [3.05, 3.63) is 24.3 Å². The van der Waals surface area contributed by atoms with Gasteiger partial charge >= 0.3 is 0 Å². The molecule has 1 aromatic carbocycles. The summed E-state index contributed by atoms with van der Waals surface area (Å²) in [5, 5.41) is 3.36. The number of nitrogens with one attached hydrogen (secondary N) is 1. The van der Waals surface area contributed by atoms with Crippen LogP contribution >= 0.6 is 0 Å². The molecule has 1 aromatic rings. The fourth-order valence-electron chi connectivity index (χ4n) is 2.69. The number of ether oxygens (including phenoxy) is 5. The molecule has 1 fully saturated rings. The van der Waals surface area contributed by atoms with Crippen molar-refractivity contribution in [3.8, 4) is 18.1 Å². The zero-order chi connectivity index (χ0) is 19.7. The molecule has 0 spiro atoms. The Morgan fingerprint density at radius 1 is 0.786 bits per heavy atom. The average Bonchev–Trinajstić information content (AvgIpc) is 2.75. The Balaban J connectivity index is 1.39. The lowest BCUT2D eigenvalue weighted by atomic mass is 10.2. The Kier molecular flexibility index (Phi) is 12.2. The van der Waals surface area contributed by atoms with Crippen molar-refractivity contribution in [1.82, 2.24) is 5.32 Å². The summed E-state index contributed by atoms with van der Waals surface area (Å²) >= 11 is 0. The standard InChI is InChI=1S/C21H32N2O5/c1-2-11-24-12-13-25-14-15-26-16-17-27-18-19-28-21-5-3-20(4-6-21)23-9-7-22-8-10-23/h1,3-6,22H,7-19H2. The first-order valence-electron chi connectivity index (χ1n) is 9.83. The maximum Gasteiger partial charge on any atom is 0.119 e. The number of piperazine rings is 1. The normalized spacial score (nSPS) is 14.0. The van der Waals surface area contributed by atoms with E-state index in [4.69, 9.17) is 30.1 Å². The SMILES string of the molecule is C#CCOCCOCCOCCOCCOc1ccc(N2CCNCC2)cc1. The van der Waals surface area contributed by atoms with Crippen LogP contribution in [0.15, 0.2) is 24.3 Å². The van der Waals surface area contributed by atoms with E-state index < -0.39 is 0 Å². The van der Waals surface area contributed by atoms with Crippen LogP contribution in [0.25, 0.3) is 0 Å². The van der Waals surface area contributed by atoms with Crippen LogP contribution < -0.4 is 15.0 Å². The number of anilines is 1. The summed E-state index contributed by atoms with van der Waals surface area (Å²) in [6.07, 6.45) is 5.07. The van der Waals surface area contributed by atoms with Crippen LogP contribution in [-0.2, 0) is 18.9 Å². The van der Waals surface area contributed by atoms with E-state index in [9.17, 15) is 0 Å². The third-order valence-electron chi connectivity index (χ3n) is 4.12. The van der Waals surface area contributed by atoms with Crippen molar-refractivity contribution in [2.24, 2.45) is 0 Å². The monoisotopic (exact) mass is 392 g/mol. The highest BCUT2D eigenvalue weighted by Gasteiger charge is 2.09. The molecule has 2 rings (SSSR count). The Bertz CT molecular complexity index is 541. The molecule has 0 bridgehead atoms. The molecule has 7 nitrogen and oxygen atoms in total. The zero-order valence-corrected chi connectivity index (χ0v) is 16.6. The zero-order valence-electron chi connectivity index (χ0n) is 16.6. The molecule has 0 unspecified atom stereocenters. The van der Waals surface area contributed by atoms with E-state index in [1.54, 1.807) is 0 Å². The van der Waals surface area contributed by atoms with Gasteiger partial charge in [-0.05, 0) is 24.3 Å². The molecular formula is C21H32N2O5. The Morgan fingerprint density at radius 3 is 1.89 bits per heavy atom. The van der Waals surface area contributed by atoms with Gasteiger partial charge in [-0.25, -0.2) is 0 Å². The molecule has 28 heavy (non-hydrogen) atoms. The van der Waals surface area contributed by atoms with Gasteiger partial charge in [-0.2, -0.15) is 0 Å². The molecule has 156 valence electrons. The van der Waals surface area contributed by atoms with E-state index in [-0.39, 0.29) is 0 Å². The van der Waals surface area contributed by atoms with Gasteiger partial charge in [0.15, 0.2) is 0 Å². The van der Waals surface area contributed by atoms with Crippen molar-refractivity contribution < 1.29 is 23.7 Å². The first kappa shape index (κ1) is 22.5. The fourth-order valence-corrected chi connectivity index (χ4v) is 2.69. The molecule has 1 aliphatic rings. The van der Waals surface area contributed by atoms with Crippen molar-refractivity contribution in [2.45, 2.75) is 0 Å². The van der Waals surface area contributed by atoms with Gasteiger partial charge in [0.1, 0.15) is 19.0 Å². The smallest absolute Gasteiger partial charge is 0.119 e. The predicted molar refractivity (Wildman–Crippen MR) is 109 cm³/mol. The van der Waals surface area contributed by atoms with E-state index in [0.29, 0.717) is 59.5 Å². The lowest BCUT2D eigenvalue weighted by molar-refractivity contribution is -0.00187. The third kappa shape index (κ3) is 9.93. The first-order chi connectivity index (χ1) is 13.9. The molecule has 0 aliphatic carbocycles. The molecule has 1 saturated heterocycles. The molecule has 1 aliphatic heterocycles. The third-order valence-corrected chi connectivity index (χ3v) is 4.12. The van der Waals surface area contributed by atoms with Gasteiger partial charge in [0, 0.05) is 31.9 Å². The molecule has 1 N–H and O–H groups in total. The number of hydrogen-bond donors (Lipinski definition) is 1. The van der Waals surface area contributed by atoms with Crippen LogP contribution in [0.1, 0.15) is 0 Å². The van der Waals surface area contributed by atoms with Crippen LogP contribution in [0.3, 0.4) is 0 Å². The van der Waals surface area contributed by atoms with Crippen LogP contribution in [0.5, 0.6) is 5.75 Å². The van der Waals surface area contributed by atoms with Gasteiger partial charge in [0.25, 0.3) is 0 Å². The predicted octanol–water partition coefficient (Wildman–Crippen LogP) is 1.17. The Morgan fingerprint density at radius 2 is 1.32 bits per heavy atom. The molecule has 0 saturated carbocycles. The van der Waals surface area contributed by atoms with Crippen LogP contribution in [-0.4, -0.2) is 85.6 Å². The van der Waals surface area contributed by atoms with Gasteiger partial charge < -0.3 is 33.9 Å². The van der Waals surface area contributed by atoms with Crippen molar-refractivity contribution in [2.75, 3.05) is 90.5 Å². The second-order valence-electron chi connectivity index (χ2n) is 6.17. The largest absolute Gasteiger partial charge is 0.491 e. The van der Waals surface area contributed by atoms with Gasteiger partial charge in [0.05, 0.1) is 46.2 Å². The van der Waals surface area contributed by atoms with E-state index in [1.165, 1.54) is 5.69 Å². The summed E-state index contributed by atoms with van der Waals surface area (Å²) in [6, 6.07) is 8.24. The van der Waals surface area contributed by atoms with Gasteiger partial charge in [0.2, 0.25) is 0 Å². The quantitative estimate of drug-likeness (QED) is 0.355. The number of nitrogens with zero attached hydrogens (tertiary/aromatic N) is 1. The first-order valence-corrected chi connectivity index (χ1v) is 9.83. The second kappa shape index (κ2) is 15.1. The minimum absolute atomic E-state index is 0.322. The molecule has 0 amide bonds. The van der Waals surface area contributed by atoms with Crippen LogP contribution in [0.2, 0.25) is 0 Å². The summed E-state index contributed by atoms with van der Waals surface area (Å²) in [5.74, 6) is 3.27. The lowest BCUT2D eigenvalue weighted by Crippen LogP contribution is -2.43. The van der Waals surface area contributed by atoms with Crippen LogP contribution in [0.4, 0.5) is 5.69 Å². The van der Waals surface area contributed by atoms with Crippen LogP contribution in [0, 0.1) is 12.3 Å². The Labute approximate surface area is 168 Å². The molecule has 1 heterocycles.